The Labute approximate surface area is 71.9 Å². The molecule has 0 spiro atoms. The van der Waals surface area contributed by atoms with Crippen LogP contribution in [-0.2, 0) is 9.53 Å². The van der Waals surface area contributed by atoms with E-state index in [1.165, 1.54) is 0 Å². The summed E-state index contributed by atoms with van der Waals surface area (Å²) in [5.74, 6) is 1.82. The lowest BCUT2D eigenvalue weighted by atomic mass is 10.3. The van der Waals surface area contributed by atoms with Gasteiger partial charge in [-0.15, -0.1) is 6.42 Å². The Kier molecular flexibility index (Phi) is 6.07. The molecule has 0 saturated carbocycles. The average Bonchev–Trinajstić information content (AvgIpc) is 2.06. The molecule has 0 aromatic carbocycles. The summed E-state index contributed by atoms with van der Waals surface area (Å²) in [6.07, 6.45) is 4.96. The maximum Gasteiger partial charge on any atom is 0.325 e. The predicted molar refractivity (Wildman–Crippen MR) is 44.3 cm³/mol. The van der Waals surface area contributed by atoms with Crippen molar-refractivity contribution in [2.24, 2.45) is 0 Å². The lowest BCUT2D eigenvalue weighted by molar-refractivity contribution is -0.146. The first kappa shape index (κ1) is 11.0. The summed E-state index contributed by atoms with van der Waals surface area (Å²) < 4.78 is 4.66. The summed E-state index contributed by atoms with van der Waals surface area (Å²) >= 11 is 0. The Hall–Kier alpha value is -1.05. The van der Waals surface area contributed by atoms with Gasteiger partial charge in [-0.25, -0.2) is 0 Å². The standard InChI is InChI=1S/C8H13NO3/c1-3-5-9-7(6-10)8(11)12-4-2/h1,7,9-10H,4-6H2,2H3. The van der Waals surface area contributed by atoms with Gasteiger partial charge in [0.25, 0.3) is 0 Å². The first-order valence-corrected chi connectivity index (χ1v) is 3.70. The van der Waals surface area contributed by atoms with E-state index in [0.29, 0.717) is 6.61 Å². The van der Waals surface area contributed by atoms with Crippen LogP contribution >= 0.6 is 0 Å². The molecule has 0 aliphatic rings. The van der Waals surface area contributed by atoms with Crippen LogP contribution in [0.25, 0.3) is 0 Å². The molecule has 0 aromatic rings. The van der Waals surface area contributed by atoms with Crippen molar-refractivity contribution in [2.45, 2.75) is 13.0 Å². The van der Waals surface area contributed by atoms with E-state index in [1.54, 1.807) is 6.92 Å². The summed E-state index contributed by atoms with van der Waals surface area (Å²) in [5.41, 5.74) is 0. The van der Waals surface area contributed by atoms with Crippen LogP contribution in [-0.4, -0.2) is 36.9 Å². The molecule has 4 heteroatoms. The highest BCUT2D eigenvalue weighted by molar-refractivity contribution is 5.75. The molecule has 0 rings (SSSR count). The van der Waals surface area contributed by atoms with Gasteiger partial charge in [0, 0.05) is 0 Å². The molecule has 0 bridgehead atoms. The Balaban J connectivity index is 3.80. The number of ether oxygens (including phenoxy) is 1. The monoisotopic (exact) mass is 171 g/mol. The van der Waals surface area contributed by atoms with Crippen molar-refractivity contribution in [3.63, 3.8) is 0 Å². The molecular weight excluding hydrogens is 158 g/mol. The SMILES string of the molecule is C#CCNC(CO)C(=O)OCC. The van der Waals surface area contributed by atoms with Crippen molar-refractivity contribution in [1.29, 1.82) is 0 Å². The number of carbonyl (C=O) groups is 1. The zero-order valence-corrected chi connectivity index (χ0v) is 7.04. The molecule has 0 saturated heterocycles. The van der Waals surface area contributed by atoms with E-state index in [-0.39, 0.29) is 13.2 Å². The van der Waals surface area contributed by atoms with Crippen LogP contribution in [0.2, 0.25) is 0 Å². The van der Waals surface area contributed by atoms with Gasteiger partial charge in [0.15, 0.2) is 0 Å². The Morgan fingerprint density at radius 3 is 2.92 bits per heavy atom. The van der Waals surface area contributed by atoms with Gasteiger partial charge in [0.1, 0.15) is 6.04 Å². The van der Waals surface area contributed by atoms with Crippen molar-refractivity contribution in [1.82, 2.24) is 5.32 Å². The fourth-order valence-electron chi connectivity index (χ4n) is 0.647. The van der Waals surface area contributed by atoms with Crippen LogP contribution in [0.15, 0.2) is 0 Å². The molecule has 1 unspecified atom stereocenters. The van der Waals surface area contributed by atoms with E-state index in [0.717, 1.165) is 0 Å². The second-order valence-electron chi connectivity index (χ2n) is 2.07. The van der Waals surface area contributed by atoms with Gasteiger partial charge in [-0.1, -0.05) is 5.92 Å². The van der Waals surface area contributed by atoms with Gasteiger partial charge >= 0.3 is 5.97 Å². The topological polar surface area (TPSA) is 58.6 Å². The maximum absolute atomic E-state index is 11.0. The molecule has 0 fully saturated rings. The van der Waals surface area contributed by atoms with Crippen LogP contribution in [0.1, 0.15) is 6.92 Å². The van der Waals surface area contributed by atoms with Gasteiger partial charge in [0.2, 0.25) is 0 Å². The number of esters is 1. The van der Waals surface area contributed by atoms with Gasteiger partial charge < -0.3 is 9.84 Å². The van der Waals surface area contributed by atoms with E-state index in [2.05, 4.69) is 16.0 Å². The summed E-state index contributed by atoms with van der Waals surface area (Å²) in [4.78, 5) is 11.0. The van der Waals surface area contributed by atoms with E-state index in [9.17, 15) is 4.79 Å². The molecule has 0 heterocycles. The molecular formula is C8H13NO3. The van der Waals surface area contributed by atoms with Crippen molar-refractivity contribution in [3.05, 3.63) is 0 Å². The average molecular weight is 171 g/mol. The molecule has 0 amide bonds. The highest BCUT2D eigenvalue weighted by Crippen LogP contribution is 1.87. The zero-order valence-electron chi connectivity index (χ0n) is 7.04. The Bertz CT molecular complexity index is 174. The minimum Gasteiger partial charge on any atom is -0.465 e. The number of aliphatic hydroxyl groups is 1. The number of hydrogen-bond acceptors (Lipinski definition) is 4. The third kappa shape index (κ3) is 3.96. The summed E-state index contributed by atoms with van der Waals surface area (Å²) in [6.45, 7) is 1.94. The van der Waals surface area contributed by atoms with Crippen molar-refractivity contribution in [2.75, 3.05) is 19.8 Å². The second-order valence-corrected chi connectivity index (χ2v) is 2.07. The number of terminal acetylenes is 1. The first-order valence-electron chi connectivity index (χ1n) is 3.70. The van der Waals surface area contributed by atoms with Crippen molar-refractivity contribution >= 4 is 5.97 Å². The van der Waals surface area contributed by atoms with E-state index in [1.807, 2.05) is 0 Å². The maximum atomic E-state index is 11.0. The van der Waals surface area contributed by atoms with Gasteiger partial charge in [-0.05, 0) is 6.92 Å². The third-order valence-corrected chi connectivity index (χ3v) is 1.20. The zero-order chi connectivity index (χ0) is 9.40. The minimum absolute atomic E-state index is 0.240. The molecule has 4 nitrogen and oxygen atoms in total. The van der Waals surface area contributed by atoms with E-state index >= 15 is 0 Å². The van der Waals surface area contributed by atoms with Crippen LogP contribution in [0.5, 0.6) is 0 Å². The fourth-order valence-corrected chi connectivity index (χ4v) is 0.647. The smallest absolute Gasteiger partial charge is 0.325 e. The van der Waals surface area contributed by atoms with Crippen molar-refractivity contribution < 1.29 is 14.6 Å². The number of nitrogens with one attached hydrogen (secondary N) is 1. The molecule has 2 N–H and O–H groups in total. The first-order chi connectivity index (χ1) is 5.76. The van der Waals surface area contributed by atoms with Gasteiger partial charge in [-0.2, -0.15) is 0 Å². The van der Waals surface area contributed by atoms with Crippen LogP contribution in [0, 0.1) is 12.3 Å². The molecule has 0 aliphatic heterocycles. The molecule has 68 valence electrons. The highest BCUT2D eigenvalue weighted by Gasteiger charge is 2.16. The van der Waals surface area contributed by atoms with E-state index in [4.69, 9.17) is 11.5 Å². The number of carbonyl (C=O) groups excluding carboxylic acids is 1. The van der Waals surface area contributed by atoms with Gasteiger partial charge in [0.05, 0.1) is 19.8 Å². The highest BCUT2D eigenvalue weighted by atomic mass is 16.5. The third-order valence-electron chi connectivity index (χ3n) is 1.20. The largest absolute Gasteiger partial charge is 0.465 e. The predicted octanol–water partition coefficient (Wildman–Crippen LogP) is -0.867. The molecule has 0 aromatic heterocycles. The lowest BCUT2D eigenvalue weighted by Crippen LogP contribution is -2.41. The molecule has 0 radical (unpaired) electrons. The minimum atomic E-state index is -0.707. The Morgan fingerprint density at radius 2 is 2.50 bits per heavy atom. The summed E-state index contributed by atoms with van der Waals surface area (Å²) in [7, 11) is 0. The van der Waals surface area contributed by atoms with Crippen LogP contribution in [0.4, 0.5) is 0 Å². The van der Waals surface area contributed by atoms with E-state index < -0.39 is 12.0 Å². The quantitative estimate of drug-likeness (QED) is 0.417. The van der Waals surface area contributed by atoms with Crippen LogP contribution in [0.3, 0.4) is 0 Å². The summed E-state index contributed by atoms with van der Waals surface area (Å²) in [5, 5.41) is 11.4. The lowest BCUT2D eigenvalue weighted by Gasteiger charge is -2.12. The Morgan fingerprint density at radius 1 is 1.83 bits per heavy atom. The number of rotatable bonds is 5. The second kappa shape index (κ2) is 6.65. The van der Waals surface area contributed by atoms with Crippen molar-refractivity contribution in [3.8, 4) is 12.3 Å². The summed E-state index contributed by atoms with van der Waals surface area (Å²) in [6, 6.07) is -0.707. The fraction of sp³-hybridized carbons (Fsp3) is 0.625. The molecule has 0 aliphatic carbocycles. The normalized spacial score (nSPS) is 11.8. The van der Waals surface area contributed by atoms with Gasteiger partial charge in [-0.3, -0.25) is 10.1 Å². The number of aliphatic hydroxyl groups excluding tert-OH is 1. The van der Waals surface area contributed by atoms with Crippen LogP contribution < -0.4 is 5.32 Å². The number of hydrogen-bond donors (Lipinski definition) is 2. The molecule has 12 heavy (non-hydrogen) atoms. The molecule has 1 atom stereocenters.